The molecule has 0 saturated carbocycles. The van der Waals surface area contributed by atoms with Crippen molar-refractivity contribution in [3.63, 3.8) is 0 Å². The predicted molar refractivity (Wildman–Crippen MR) is 125 cm³/mol. The molecule has 2 amide bonds. The van der Waals surface area contributed by atoms with Crippen molar-refractivity contribution in [3.05, 3.63) is 88.3 Å². The minimum absolute atomic E-state index is 0.0340. The summed E-state index contributed by atoms with van der Waals surface area (Å²) in [6.45, 7) is 1.82. The Balaban J connectivity index is 1.84. The molecule has 33 heavy (non-hydrogen) atoms. The topological polar surface area (TPSA) is 67.9 Å². The quantitative estimate of drug-likeness (QED) is 0.506. The Morgan fingerprint density at radius 3 is 2.27 bits per heavy atom. The molecule has 1 heterocycles. The van der Waals surface area contributed by atoms with E-state index < -0.39 is 17.6 Å². The van der Waals surface area contributed by atoms with E-state index in [1.165, 1.54) is 38.5 Å². The van der Waals surface area contributed by atoms with E-state index >= 15 is 0 Å². The second-order valence-electron chi connectivity index (χ2n) is 7.33. The lowest BCUT2D eigenvalue weighted by molar-refractivity contribution is -0.120. The van der Waals surface area contributed by atoms with E-state index in [2.05, 4.69) is 5.32 Å². The number of hydrogen-bond acceptors (Lipinski definition) is 5. The highest BCUT2D eigenvalue weighted by Crippen LogP contribution is 2.37. The standard InChI is InChI=1S/C25H20ClFN2O4/c1-14-4-9-17(12-19(14)26)29-24(30)22(15-5-7-16(27)8-6-15)23(25(29)31)28-20-11-10-18(32-2)13-21(20)33-3/h4-13,28H,1-3H3. The largest absolute Gasteiger partial charge is 0.497 e. The number of ether oxygens (including phenoxy) is 2. The Labute approximate surface area is 195 Å². The summed E-state index contributed by atoms with van der Waals surface area (Å²) in [5.41, 5.74) is 2.14. The molecule has 0 atom stereocenters. The number of aryl methyl sites for hydroxylation is 1. The maximum Gasteiger partial charge on any atom is 0.282 e. The van der Waals surface area contributed by atoms with Gasteiger partial charge in [-0.3, -0.25) is 9.59 Å². The SMILES string of the molecule is COc1ccc(NC2=C(c3ccc(F)cc3)C(=O)N(c3ccc(C)c(Cl)c3)C2=O)c(OC)c1. The first-order chi connectivity index (χ1) is 15.8. The number of anilines is 2. The maximum atomic E-state index is 13.5. The summed E-state index contributed by atoms with van der Waals surface area (Å²) in [5, 5.41) is 3.47. The molecule has 4 rings (SSSR count). The molecule has 3 aromatic rings. The van der Waals surface area contributed by atoms with E-state index in [0.717, 1.165) is 10.5 Å². The molecule has 0 saturated heterocycles. The lowest BCUT2D eigenvalue weighted by Gasteiger charge is -2.17. The van der Waals surface area contributed by atoms with Gasteiger partial charge in [-0.1, -0.05) is 29.8 Å². The molecule has 168 valence electrons. The number of halogens is 2. The van der Waals surface area contributed by atoms with E-state index in [1.54, 1.807) is 36.4 Å². The molecule has 1 N–H and O–H groups in total. The third-order valence-electron chi connectivity index (χ3n) is 5.30. The number of carbonyl (C=O) groups is 2. The molecule has 1 aliphatic rings. The predicted octanol–water partition coefficient (Wildman–Crippen LogP) is 5.20. The number of hydrogen-bond donors (Lipinski definition) is 1. The monoisotopic (exact) mass is 466 g/mol. The van der Waals surface area contributed by atoms with Crippen LogP contribution in [0, 0.1) is 12.7 Å². The molecule has 0 aromatic heterocycles. The number of benzene rings is 3. The molecule has 0 bridgehead atoms. The summed E-state index contributed by atoms with van der Waals surface area (Å²) in [4.78, 5) is 28.0. The van der Waals surface area contributed by atoms with Crippen molar-refractivity contribution in [2.24, 2.45) is 0 Å². The Kier molecular flexibility index (Phi) is 6.07. The van der Waals surface area contributed by atoms with Crippen LogP contribution in [0.15, 0.2) is 66.4 Å². The second-order valence-corrected chi connectivity index (χ2v) is 7.73. The number of methoxy groups -OCH3 is 2. The van der Waals surface area contributed by atoms with Gasteiger partial charge in [-0.25, -0.2) is 9.29 Å². The number of imide groups is 1. The van der Waals surface area contributed by atoms with Gasteiger partial charge in [-0.05, 0) is 54.4 Å². The van der Waals surface area contributed by atoms with Crippen LogP contribution >= 0.6 is 11.6 Å². The molecule has 0 spiro atoms. The minimum atomic E-state index is -0.572. The van der Waals surface area contributed by atoms with Gasteiger partial charge < -0.3 is 14.8 Å². The first kappa shape index (κ1) is 22.4. The van der Waals surface area contributed by atoms with Crippen LogP contribution in [0.2, 0.25) is 5.02 Å². The van der Waals surface area contributed by atoms with Gasteiger partial charge in [-0.15, -0.1) is 0 Å². The lowest BCUT2D eigenvalue weighted by Crippen LogP contribution is -2.32. The minimum Gasteiger partial charge on any atom is -0.497 e. The summed E-state index contributed by atoms with van der Waals surface area (Å²) < 4.78 is 24.2. The summed E-state index contributed by atoms with van der Waals surface area (Å²) in [7, 11) is 3.01. The summed E-state index contributed by atoms with van der Waals surface area (Å²) in [5.74, 6) is -0.601. The zero-order valence-corrected chi connectivity index (χ0v) is 18.9. The molecule has 0 fully saturated rings. The number of nitrogens with one attached hydrogen (secondary N) is 1. The van der Waals surface area contributed by atoms with Gasteiger partial charge >= 0.3 is 0 Å². The number of nitrogens with zero attached hydrogens (tertiary/aromatic N) is 1. The van der Waals surface area contributed by atoms with E-state index in [-0.39, 0.29) is 11.3 Å². The van der Waals surface area contributed by atoms with Crippen LogP contribution in [-0.4, -0.2) is 26.0 Å². The van der Waals surface area contributed by atoms with Crippen molar-refractivity contribution in [2.75, 3.05) is 24.4 Å². The van der Waals surface area contributed by atoms with Crippen molar-refractivity contribution in [1.82, 2.24) is 0 Å². The van der Waals surface area contributed by atoms with Gasteiger partial charge in [0.15, 0.2) is 0 Å². The van der Waals surface area contributed by atoms with Crippen LogP contribution in [0.5, 0.6) is 11.5 Å². The Bertz CT molecular complexity index is 1290. The Morgan fingerprint density at radius 2 is 1.64 bits per heavy atom. The second kappa shape index (κ2) is 8.96. The Hall–Kier alpha value is -3.84. The molecule has 3 aromatic carbocycles. The molecular weight excluding hydrogens is 447 g/mol. The third kappa shape index (κ3) is 4.15. The number of amides is 2. The maximum absolute atomic E-state index is 13.5. The normalized spacial score (nSPS) is 13.5. The van der Waals surface area contributed by atoms with Crippen LogP contribution < -0.4 is 19.7 Å². The molecule has 1 aliphatic heterocycles. The van der Waals surface area contributed by atoms with Crippen LogP contribution in [0.3, 0.4) is 0 Å². The van der Waals surface area contributed by atoms with Crippen molar-refractivity contribution < 1.29 is 23.5 Å². The van der Waals surface area contributed by atoms with E-state index in [0.29, 0.717) is 33.5 Å². The lowest BCUT2D eigenvalue weighted by atomic mass is 10.0. The first-order valence-electron chi connectivity index (χ1n) is 9.98. The van der Waals surface area contributed by atoms with Crippen LogP contribution in [0.1, 0.15) is 11.1 Å². The van der Waals surface area contributed by atoms with E-state index in [1.807, 2.05) is 6.92 Å². The van der Waals surface area contributed by atoms with Gasteiger partial charge in [-0.2, -0.15) is 0 Å². The van der Waals surface area contributed by atoms with Gasteiger partial charge in [0.2, 0.25) is 0 Å². The molecule has 0 unspecified atom stereocenters. The fourth-order valence-electron chi connectivity index (χ4n) is 3.52. The molecule has 6 nitrogen and oxygen atoms in total. The van der Waals surface area contributed by atoms with Gasteiger partial charge in [0.25, 0.3) is 11.8 Å². The van der Waals surface area contributed by atoms with Crippen molar-refractivity contribution in [2.45, 2.75) is 6.92 Å². The fraction of sp³-hybridized carbons (Fsp3) is 0.120. The zero-order valence-electron chi connectivity index (χ0n) is 18.1. The van der Waals surface area contributed by atoms with Crippen molar-refractivity contribution in [3.8, 4) is 11.5 Å². The van der Waals surface area contributed by atoms with Crippen LogP contribution in [-0.2, 0) is 9.59 Å². The Morgan fingerprint density at radius 1 is 0.909 bits per heavy atom. The van der Waals surface area contributed by atoms with Crippen LogP contribution in [0.25, 0.3) is 5.57 Å². The van der Waals surface area contributed by atoms with Crippen molar-refractivity contribution >= 4 is 40.4 Å². The molecule has 0 radical (unpaired) electrons. The fourth-order valence-corrected chi connectivity index (χ4v) is 3.70. The third-order valence-corrected chi connectivity index (χ3v) is 5.71. The highest BCUT2D eigenvalue weighted by Gasteiger charge is 2.40. The first-order valence-corrected chi connectivity index (χ1v) is 10.4. The highest BCUT2D eigenvalue weighted by atomic mass is 35.5. The average Bonchev–Trinajstić information content (AvgIpc) is 3.06. The van der Waals surface area contributed by atoms with E-state index in [9.17, 15) is 14.0 Å². The van der Waals surface area contributed by atoms with Gasteiger partial charge in [0, 0.05) is 11.1 Å². The molecular formula is C25H20ClFN2O4. The zero-order chi connectivity index (χ0) is 23.7. The summed E-state index contributed by atoms with van der Waals surface area (Å²) in [6, 6.07) is 15.3. The van der Waals surface area contributed by atoms with Gasteiger partial charge in [0.05, 0.1) is 31.2 Å². The van der Waals surface area contributed by atoms with Crippen molar-refractivity contribution in [1.29, 1.82) is 0 Å². The number of carbonyl (C=O) groups excluding carboxylic acids is 2. The molecule has 0 aliphatic carbocycles. The van der Waals surface area contributed by atoms with E-state index in [4.69, 9.17) is 21.1 Å². The summed E-state index contributed by atoms with van der Waals surface area (Å²) in [6.07, 6.45) is 0. The van der Waals surface area contributed by atoms with Crippen LogP contribution in [0.4, 0.5) is 15.8 Å². The van der Waals surface area contributed by atoms with Gasteiger partial charge in [0.1, 0.15) is 23.0 Å². The summed E-state index contributed by atoms with van der Waals surface area (Å²) >= 11 is 6.24. The highest BCUT2D eigenvalue weighted by molar-refractivity contribution is 6.46. The number of rotatable bonds is 6. The smallest absolute Gasteiger partial charge is 0.282 e. The molecule has 8 heteroatoms. The average molecular weight is 467 g/mol.